The number of alkyl halides is 3. The number of hydrogen-bond acceptors (Lipinski definition) is 4. The Morgan fingerprint density at radius 1 is 1.20 bits per heavy atom. The van der Waals surface area contributed by atoms with E-state index in [2.05, 4.69) is 10.3 Å². The van der Waals surface area contributed by atoms with Gasteiger partial charge in [0.05, 0.1) is 30.8 Å². The number of carbonyl (C=O) groups is 2. The fraction of sp³-hybridized carbons (Fsp3) is 0.381. The molecule has 0 spiro atoms. The normalized spacial score (nSPS) is 15.0. The number of H-pyrrole nitrogens is 1. The standard InChI is InChI=1S/C21H22F3N3O3/c1-2-30-20(29)15-4-3-5-17(12-15)26-19(28)14-8-10-27(11-9-14)18-7-6-16(13-25-18)21(22,23)24/h3-7,12-14H,2,8-11H2,1H3,(H,26,28)/p+1. The van der Waals surface area contributed by atoms with E-state index in [1.54, 1.807) is 31.2 Å². The molecule has 0 aliphatic carbocycles. The van der Waals surface area contributed by atoms with Gasteiger partial charge >= 0.3 is 12.1 Å². The topological polar surface area (TPSA) is 72.8 Å². The number of hydrogen-bond donors (Lipinski definition) is 1. The number of aromatic amines is 1. The summed E-state index contributed by atoms with van der Waals surface area (Å²) >= 11 is 0. The number of anilines is 2. The molecule has 0 bridgehead atoms. The molecule has 6 nitrogen and oxygen atoms in total. The molecule has 30 heavy (non-hydrogen) atoms. The zero-order valence-electron chi connectivity index (χ0n) is 16.5. The summed E-state index contributed by atoms with van der Waals surface area (Å²) in [4.78, 5) is 29.0. The Hall–Kier alpha value is -3.10. The van der Waals surface area contributed by atoms with Crippen molar-refractivity contribution < 1.29 is 32.5 Å². The molecule has 0 unspecified atom stereocenters. The first-order valence-electron chi connectivity index (χ1n) is 9.70. The number of ether oxygens (including phenoxy) is 1. The second-order valence-corrected chi connectivity index (χ2v) is 7.01. The van der Waals surface area contributed by atoms with Crippen LogP contribution < -0.4 is 15.2 Å². The Labute approximate surface area is 172 Å². The van der Waals surface area contributed by atoms with Crippen LogP contribution in [0.1, 0.15) is 35.7 Å². The highest BCUT2D eigenvalue weighted by Crippen LogP contribution is 2.29. The van der Waals surface area contributed by atoms with Crippen molar-refractivity contribution in [3.63, 3.8) is 0 Å². The lowest BCUT2D eigenvalue weighted by atomic mass is 9.95. The molecule has 1 aliphatic heterocycles. The highest BCUT2D eigenvalue weighted by molar-refractivity contribution is 5.95. The average Bonchev–Trinajstić information content (AvgIpc) is 2.74. The molecule has 0 atom stereocenters. The van der Waals surface area contributed by atoms with Crippen molar-refractivity contribution in [1.82, 2.24) is 0 Å². The van der Waals surface area contributed by atoms with E-state index in [9.17, 15) is 22.8 Å². The van der Waals surface area contributed by atoms with Crippen LogP contribution in [0.15, 0.2) is 42.6 Å². The Morgan fingerprint density at radius 2 is 1.93 bits per heavy atom. The maximum absolute atomic E-state index is 12.7. The van der Waals surface area contributed by atoms with Gasteiger partial charge in [-0.3, -0.25) is 9.69 Å². The smallest absolute Gasteiger partial charge is 0.419 e. The Kier molecular flexibility index (Phi) is 6.59. The lowest BCUT2D eigenvalue weighted by Crippen LogP contribution is -2.40. The molecule has 0 saturated carbocycles. The highest BCUT2D eigenvalue weighted by atomic mass is 19.4. The summed E-state index contributed by atoms with van der Waals surface area (Å²) < 4.78 is 43.0. The van der Waals surface area contributed by atoms with E-state index in [-0.39, 0.29) is 18.4 Å². The van der Waals surface area contributed by atoms with Crippen LogP contribution in [0, 0.1) is 5.92 Å². The summed E-state index contributed by atoms with van der Waals surface area (Å²) in [5.41, 5.74) is 0.150. The molecule has 1 saturated heterocycles. The molecular formula is C21H23F3N3O3+. The molecule has 1 aromatic carbocycles. The molecule has 2 heterocycles. The van der Waals surface area contributed by atoms with Crippen LogP contribution in [0.5, 0.6) is 0 Å². The molecule has 3 rings (SSSR count). The maximum atomic E-state index is 12.7. The quantitative estimate of drug-likeness (QED) is 0.748. The molecule has 1 fully saturated rings. The van der Waals surface area contributed by atoms with Gasteiger partial charge in [-0.2, -0.15) is 13.2 Å². The Morgan fingerprint density at radius 3 is 2.53 bits per heavy atom. The molecule has 1 aliphatic rings. The van der Waals surface area contributed by atoms with Crippen molar-refractivity contribution in [3.05, 3.63) is 53.7 Å². The number of rotatable bonds is 5. The van der Waals surface area contributed by atoms with Crippen LogP contribution in [0.2, 0.25) is 0 Å². The second kappa shape index (κ2) is 9.15. The Bertz CT molecular complexity index is 892. The minimum absolute atomic E-state index is 0.146. The van der Waals surface area contributed by atoms with Gasteiger partial charge in [-0.1, -0.05) is 6.07 Å². The van der Waals surface area contributed by atoms with Crippen molar-refractivity contribution in [2.45, 2.75) is 25.9 Å². The molecule has 1 amide bonds. The van der Waals surface area contributed by atoms with Gasteiger partial charge in [-0.25, -0.2) is 9.78 Å². The van der Waals surface area contributed by atoms with Gasteiger partial charge < -0.3 is 10.1 Å². The van der Waals surface area contributed by atoms with Crippen LogP contribution in [-0.2, 0) is 15.7 Å². The van der Waals surface area contributed by atoms with E-state index in [1.165, 1.54) is 6.07 Å². The molecule has 1 aromatic heterocycles. The minimum atomic E-state index is -4.38. The summed E-state index contributed by atoms with van der Waals surface area (Å²) in [6, 6.07) is 9.01. The number of aromatic nitrogens is 1. The predicted molar refractivity (Wildman–Crippen MR) is 104 cm³/mol. The van der Waals surface area contributed by atoms with E-state index >= 15 is 0 Å². The van der Waals surface area contributed by atoms with Crippen molar-refractivity contribution >= 4 is 23.4 Å². The summed E-state index contributed by atoms with van der Waals surface area (Å²) in [5.74, 6) is -0.229. The van der Waals surface area contributed by atoms with Gasteiger partial charge in [0.15, 0.2) is 0 Å². The van der Waals surface area contributed by atoms with Crippen LogP contribution in [0.3, 0.4) is 0 Å². The number of esters is 1. The maximum Gasteiger partial charge on any atom is 0.419 e. The molecule has 9 heteroatoms. The number of carbonyl (C=O) groups excluding carboxylic acids is 2. The number of amides is 1. The first-order chi connectivity index (χ1) is 14.3. The number of pyridine rings is 1. The van der Waals surface area contributed by atoms with Crippen molar-refractivity contribution in [1.29, 1.82) is 0 Å². The third-order valence-corrected chi connectivity index (χ3v) is 4.97. The fourth-order valence-electron chi connectivity index (χ4n) is 3.35. The van der Waals surface area contributed by atoms with E-state index in [1.807, 2.05) is 4.90 Å². The highest BCUT2D eigenvalue weighted by Gasteiger charge is 2.33. The van der Waals surface area contributed by atoms with E-state index in [0.717, 1.165) is 12.3 Å². The largest absolute Gasteiger partial charge is 0.462 e. The van der Waals surface area contributed by atoms with Crippen molar-refractivity contribution in [3.8, 4) is 0 Å². The average molecular weight is 422 g/mol. The van der Waals surface area contributed by atoms with E-state index in [4.69, 9.17) is 4.74 Å². The van der Waals surface area contributed by atoms with Crippen molar-refractivity contribution in [2.75, 3.05) is 29.9 Å². The number of benzene rings is 1. The summed E-state index contributed by atoms with van der Waals surface area (Å²) in [6.07, 6.45) is -2.30. The van der Waals surface area contributed by atoms with Gasteiger partial charge in [0, 0.05) is 17.7 Å². The first-order valence-corrected chi connectivity index (χ1v) is 9.70. The van der Waals surface area contributed by atoms with E-state index < -0.39 is 17.7 Å². The Balaban J connectivity index is 1.55. The van der Waals surface area contributed by atoms with Gasteiger partial charge in [-0.15, -0.1) is 0 Å². The van der Waals surface area contributed by atoms with Crippen LogP contribution >= 0.6 is 0 Å². The number of halogens is 3. The summed E-state index contributed by atoms with van der Waals surface area (Å²) in [5, 5.41) is 2.83. The van der Waals surface area contributed by atoms with Crippen LogP contribution in [-0.4, -0.2) is 31.6 Å². The molecule has 2 aromatic rings. The summed E-state index contributed by atoms with van der Waals surface area (Å²) in [6.45, 7) is 3.08. The molecule has 2 N–H and O–H groups in total. The number of nitrogens with one attached hydrogen (secondary N) is 2. The SMILES string of the molecule is CCOC(=O)c1cccc(NC(=O)C2CCN(c3ccc(C(F)(F)F)c[nH+]3)CC2)c1. The van der Waals surface area contributed by atoms with Gasteiger partial charge in [0.2, 0.25) is 5.91 Å². The van der Waals surface area contributed by atoms with Crippen molar-refractivity contribution in [2.24, 2.45) is 5.92 Å². The first kappa shape index (κ1) is 21.6. The number of nitrogens with zero attached hydrogens (tertiary/aromatic N) is 1. The minimum Gasteiger partial charge on any atom is -0.462 e. The van der Waals surface area contributed by atoms with E-state index in [0.29, 0.717) is 43.0 Å². The van der Waals surface area contributed by atoms with Gasteiger partial charge in [-0.05, 0) is 44.0 Å². The molecule has 160 valence electrons. The second-order valence-electron chi connectivity index (χ2n) is 7.01. The van der Waals surface area contributed by atoms with Gasteiger partial charge in [0.1, 0.15) is 6.20 Å². The molecule has 0 radical (unpaired) electrons. The van der Waals surface area contributed by atoms with Gasteiger partial charge in [0.25, 0.3) is 5.82 Å². The fourth-order valence-corrected chi connectivity index (χ4v) is 3.35. The zero-order chi connectivity index (χ0) is 21.7. The lowest BCUT2D eigenvalue weighted by molar-refractivity contribution is -0.367. The monoisotopic (exact) mass is 422 g/mol. The molecular weight excluding hydrogens is 399 g/mol. The van der Waals surface area contributed by atoms with Crippen LogP contribution in [0.25, 0.3) is 0 Å². The van der Waals surface area contributed by atoms with Crippen LogP contribution in [0.4, 0.5) is 24.7 Å². The third kappa shape index (κ3) is 5.28. The lowest BCUT2D eigenvalue weighted by Gasteiger charge is -2.27. The number of piperidine rings is 1. The zero-order valence-corrected chi connectivity index (χ0v) is 16.5. The third-order valence-electron chi connectivity index (χ3n) is 4.97. The summed E-state index contributed by atoms with van der Waals surface area (Å²) in [7, 11) is 0. The predicted octanol–water partition coefficient (Wildman–Crippen LogP) is 3.55.